The smallest absolute Gasteiger partial charge is 0.273 e. The van der Waals surface area contributed by atoms with E-state index in [9.17, 15) is 9.18 Å². The number of rotatable bonds is 5. The minimum absolute atomic E-state index is 0.0364. The molecule has 138 valence electrons. The maximum absolute atomic E-state index is 12.9. The zero-order chi connectivity index (χ0) is 18.6. The summed E-state index contributed by atoms with van der Waals surface area (Å²) in [6, 6.07) is 16.1. The number of likely N-dealkylation sites (tertiary alicyclic amines) is 1. The van der Waals surface area contributed by atoms with Crippen LogP contribution in [0.2, 0.25) is 0 Å². The lowest BCUT2D eigenvalue weighted by atomic mass is 10.0. The fourth-order valence-corrected chi connectivity index (χ4v) is 4.01. The summed E-state index contributed by atoms with van der Waals surface area (Å²) in [5, 5.41) is 2.50. The lowest BCUT2D eigenvalue weighted by molar-refractivity contribution is 0.0730. The molecule has 4 nitrogen and oxygen atoms in total. The van der Waals surface area contributed by atoms with Gasteiger partial charge in [0.1, 0.15) is 28.9 Å². The average Bonchev–Trinajstić information content (AvgIpc) is 3.37. The van der Waals surface area contributed by atoms with Crippen molar-refractivity contribution in [2.45, 2.75) is 25.5 Å². The number of hydrogen-bond donors (Lipinski definition) is 0. The summed E-state index contributed by atoms with van der Waals surface area (Å²) in [6.07, 6.45) is 1.97. The van der Waals surface area contributed by atoms with Crippen molar-refractivity contribution in [3.8, 4) is 5.75 Å². The molecule has 0 N–H and O–H groups in total. The van der Waals surface area contributed by atoms with E-state index in [0.29, 0.717) is 11.4 Å². The Hall–Kier alpha value is -2.73. The molecule has 1 aliphatic rings. The summed E-state index contributed by atoms with van der Waals surface area (Å²) in [7, 11) is 0. The number of aromatic nitrogens is 1. The lowest BCUT2D eigenvalue weighted by Gasteiger charge is -2.24. The third-order valence-electron chi connectivity index (χ3n) is 4.64. The second-order valence-corrected chi connectivity index (χ2v) is 7.38. The highest BCUT2D eigenvalue weighted by molar-refractivity contribution is 7.09. The molecule has 1 atom stereocenters. The van der Waals surface area contributed by atoms with Crippen LogP contribution >= 0.6 is 11.3 Å². The van der Waals surface area contributed by atoms with Crippen LogP contribution in [0.5, 0.6) is 5.75 Å². The van der Waals surface area contributed by atoms with Gasteiger partial charge in [-0.3, -0.25) is 4.79 Å². The first kappa shape index (κ1) is 17.7. The molecule has 0 radical (unpaired) electrons. The van der Waals surface area contributed by atoms with E-state index in [1.54, 1.807) is 17.5 Å². The van der Waals surface area contributed by atoms with Crippen molar-refractivity contribution in [1.82, 2.24) is 9.88 Å². The molecule has 1 saturated heterocycles. The Morgan fingerprint density at radius 1 is 1.19 bits per heavy atom. The first-order chi connectivity index (χ1) is 13.2. The van der Waals surface area contributed by atoms with E-state index in [1.807, 2.05) is 23.1 Å². The van der Waals surface area contributed by atoms with Crippen LogP contribution in [-0.2, 0) is 6.61 Å². The van der Waals surface area contributed by atoms with E-state index in [4.69, 9.17) is 4.74 Å². The minimum atomic E-state index is -0.303. The van der Waals surface area contributed by atoms with E-state index < -0.39 is 0 Å². The maximum atomic E-state index is 12.9. The largest absolute Gasteiger partial charge is 0.486 e. The van der Waals surface area contributed by atoms with Crippen LogP contribution in [0.1, 0.15) is 39.9 Å². The molecular formula is C21H19FN2O2S. The normalized spacial score (nSPS) is 16.5. The molecule has 2 heterocycles. The number of nitrogens with zero attached hydrogens (tertiary/aromatic N) is 2. The Balaban J connectivity index is 1.43. The van der Waals surface area contributed by atoms with Gasteiger partial charge in [-0.2, -0.15) is 0 Å². The number of benzene rings is 2. The van der Waals surface area contributed by atoms with E-state index in [2.05, 4.69) is 17.1 Å². The monoisotopic (exact) mass is 382 g/mol. The summed E-state index contributed by atoms with van der Waals surface area (Å²) >= 11 is 1.40. The van der Waals surface area contributed by atoms with Crippen LogP contribution in [0.15, 0.2) is 60.0 Å². The van der Waals surface area contributed by atoms with Crippen molar-refractivity contribution >= 4 is 17.2 Å². The number of halogens is 1. The van der Waals surface area contributed by atoms with Crippen LogP contribution in [0.4, 0.5) is 4.39 Å². The predicted octanol–water partition coefficient (Wildman–Crippen LogP) is 4.84. The van der Waals surface area contributed by atoms with Gasteiger partial charge in [0, 0.05) is 11.9 Å². The molecule has 6 heteroatoms. The fourth-order valence-electron chi connectivity index (χ4n) is 3.33. The van der Waals surface area contributed by atoms with Crippen LogP contribution in [0.3, 0.4) is 0 Å². The fraction of sp³-hybridized carbons (Fsp3) is 0.238. The zero-order valence-electron chi connectivity index (χ0n) is 14.7. The van der Waals surface area contributed by atoms with Crippen molar-refractivity contribution in [1.29, 1.82) is 0 Å². The summed E-state index contributed by atoms with van der Waals surface area (Å²) < 4.78 is 18.5. The predicted molar refractivity (Wildman–Crippen MR) is 102 cm³/mol. The molecule has 4 rings (SSSR count). The van der Waals surface area contributed by atoms with Gasteiger partial charge in [-0.1, -0.05) is 30.3 Å². The second kappa shape index (κ2) is 7.88. The van der Waals surface area contributed by atoms with Gasteiger partial charge in [0.2, 0.25) is 0 Å². The molecular weight excluding hydrogens is 363 g/mol. The molecule has 1 amide bonds. The number of amides is 1. The molecule has 3 aromatic rings. The molecule has 0 bridgehead atoms. The molecule has 1 aliphatic heterocycles. The highest BCUT2D eigenvalue weighted by Gasteiger charge is 2.31. The van der Waals surface area contributed by atoms with Gasteiger partial charge in [0.15, 0.2) is 0 Å². The number of hydrogen-bond acceptors (Lipinski definition) is 4. The van der Waals surface area contributed by atoms with Crippen molar-refractivity contribution in [2.75, 3.05) is 6.54 Å². The molecule has 2 aromatic carbocycles. The number of ether oxygens (including phenoxy) is 1. The van der Waals surface area contributed by atoms with Crippen molar-refractivity contribution in [3.63, 3.8) is 0 Å². The third-order valence-corrected chi connectivity index (χ3v) is 5.47. The Labute approximate surface area is 161 Å². The molecule has 0 spiro atoms. The van der Waals surface area contributed by atoms with E-state index in [-0.39, 0.29) is 24.4 Å². The first-order valence-corrected chi connectivity index (χ1v) is 9.77. The summed E-state index contributed by atoms with van der Waals surface area (Å²) in [4.78, 5) is 19.3. The van der Waals surface area contributed by atoms with Crippen molar-refractivity contribution in [3.05, 3.63) is 82.1 Å². The van der Waals surface area contributed by atoms with E-state index in [0.717, 1.165) is 24.4 Å². The number of carbonyl (C=O) groups is 1. The highest BCUT2D eigenvalue weighted by atomic mass is 32.1. The van der Waals surface area contributed by atoms with Gasteiger partial charge in [-0.15, -0.1) is 11.3 Å². The minimum Gasteiger partial charge on any atom is -0.486 e. The Bertz CT molecular complexity index is 911. The molecule has 1 unspecified atom stereocenters. The Kier molecular flexibility index (Phi) is 5.16. The van der Waals surface area contributed by atoms with E-state index >= 15 is 0 Å². The maximum Gasteiger partial charge on any atom is 0.273 e. The van der Waals surface area contributed by atoms with Crippen LogP contribution in [0, 0.1) is 5.82 Å². The lowest BCUT2D eigenvalue weighted by Crippen LogP contribution is -2.30. The molecule has 1 aromatic heterocycles. The molecule has 27 heavy (non-hydrogen) atoms. The number of carbonyl (C=O) groups excluding carboxylic acids is 1. The van der Waals surface area contributed by atoms with Gasteiger partial charge in [0.25, 0.3) is 5.91 Å². The van der Waals surface area contributed by atoms with Gasteiger partial charge in [0.05, 0.1) is 6.04 Å². The van der Waals surface area contributed by atoms with Crippen molar-refractivity contribution in [2.24, 2.45) is 0 Å². The molecule has 1 fully saturated rings. The quantitative estimate of drug-likeness (QED) is 0.634. The molecule has 0 saturated carbocycles. The topological polar surface area (TPSA) is 42.4 Å². The van der Waals surface area contributed by atoms with E-state index in [1.165, 1.54) is 29.0 Å². The van der Waals surface area contributed by atoms with Crippen LogP contribution < -0.4 is 4.74 Å². The molecule has 0 aliphatic carbocycles. The zero-order valence-corrected chi connectivity index (χ0v) is 15.5. The third kappa shape index (κ3) is 4.01. The Morgan fingerprint density at radius 2 is 1.96 bits per heavy atom. The standard InChI is InChI=1S/C21H19FN2O2S/c22-16-8-10-17(11-9-16)26-13-20-23-18(14-27-20)21(25)24-12-4-7-19(24)15-5-2-1-3-6-15/h1-3,5-6,8-11,14,19H,4,7,12-13H2. The van der Waals surface area contributed by atoms with Gasteiger partial charge < -0.3 is 9.64 Å². The average molecular weight is 382 g/mol. The second-order valence-electron chi connectivity index (χ2n) is 6.44. The van der Waals surface area contributed by atoms with Gasteiger partial charge in [-0.05, 0) is 42.7 Å². The number of thiazole rings is 1. The highest BCUT2D eigenvalue weighted by Crippen LogP contribution is 2.33. The summed E-state index contributed by atoms with van der Waals surface area (Å²) in [5.74, 6) is 0.233. The van der Waals surface area contributed by atoms with Crippen LogP contribution in [-0.4, -0.2) is 22.3 Å². The van der Waals surface area contributed by atoms with Gasteiger partial charge >= 0.3 is 0 Å². The Morgan fingerprint density at radius 3 is 2.74 bits per heavy atom. The van der Waals surface area contributed by atoms with Gasteiger partial charge in [-0.25, -0.2) is 9.37 Å². The summed E-state index contributed by atoms with van der Waals surface area (Å²) in [6.45, 7) is 1.00. The van der Waals surface area contributed by atoms with Crippen molar-refractivity contribution < 1.29 is 13.9 Å². The van der Waals surface area contributed by atoms with Crippen LogP contribution in [0.25, 0.3) is 0 Å². The first-order valence-electron chi connectivity index (χ1n) is 8.89. The SMILES string of the molecule is O=C(c1csc(COc2ccc(F)cc2)n1)N1CCCC1c1ccccc1. The summed E-state index contributed by atoms with van der Waals surface area (Å²) in [5.41, 5.74) is 1.62.